The molecule has 0 bridgehead atoms. The van der Waals surface area contributed by atoms with Gasteiger partial charge in [-0.15, -0.1) is 0 Å². The zero-order valence-electron chi connectivity index (χ0n) is 22.0. The van der Waals surface area contributed by atoms with Crippen molar-refractivity contribution in [2.45, 2.75) is 70.6 Å². The summed E-state index contributed by atoms with van der Waals surface area (Å²) in [5.74, 6) is -0.0673. The van der Waals surface area contributed by atoms with Crippen LogP contribution in [-0.4, -0.2) is 78.5 Å². The van der Waals surface area contributed by atoms with Gasteiger partial charge in [0, 0.05) is 37.6 Å². The number of amides is 2. The van der Waals surface area contributed by atoms with E-state index in [1.165, 1.54) is 22.9 Å². The summed E-state index contributed by atoms with van der Waals surface area (Å²) in [6.45, 7) is 4.36. The zero-order valence-corrected chi connectivity index (χ0v) is 22.8. The third-order valence-electron chi connectivity index (χ3n) is 6.87. The van der Waals surface area contributed by atoms with Gasteiger partial charge in [0.25, 0.3) is 11.1 Å². The maximum atomic E-state index is 13.0. The van der Waals surface area contributed by atoms with Crippen molar-refractivity contribution in [2.24, 2.45) is 21.6 Å². The summed E-state index contributed by atoms with van der Waals surface area (Å²) in [5, 5.41) is 2.65. The van der Waals surface area contributed by atoms with Gasteiger partial charge in [0.05, 0.1) is 12.6 Å². The molecule has 3 aliphatic rings. The van der Waals surface area contributed by atoms with E-state index in [1.54, 1.807) is 7.05 Å². The Balaban J connectivity index is 1.76. The van der Waals surface area contributed by atoms with Gasteiger partial charge in [-0.3, -0.25) is 14.6 Å². The second-order valence-corrected chi connectivity index (χ2v) is 10.5. The molecule has 12 heteroatoms. The van der Waals surface area contributed by atoms with Crippen LogP contribution in [0.15, 0.2) is 44.9 Å². The number of aliphatic imine (C=N–C) groups is 2. The number of carbonyl (C=O) groups is 2. The minimum atomic E-state index is -4.20. The Hall–Kier alpha value is -2.44. The normalized spacial score (nSPS) is 23.0. The molecule has 1 saturated heterocycles. The summed E-state index contributed by atoms with van der Waals surface area (Å²) in [6.07, 6.45) is 2.63. The van der Waals surface area contributed by atoms with Crippen molar-refractivity contribution in [1.29, 1.82) is 0 Å². The van der Waals surface area contributed by atoms with Crippen molar-refractivity contribution in [2.75, 3.05) is 26.0 Å². The van der Waals surface area contributed by atoms with Crippen LogP contribution in [-0.2, 0) is 9.53 Å². The van der Waals surface area contributed by atoms with Gasteiger partial charge >= 0.3 is 6.18 Å². The van der Waals surface area contributed by atoms with Gasteiger partial charge in [-0.05, 0) is 31.6 Å². The SMILES string of the molecule is CCC1=CC=C(C2N=C(C(=O)NC(C=NC)C(N)N3CCSC3=O)CO2)C=C(C(CC)CCC(F)(F)F)C1. The first-order valence-electron chi connectivity index (χ1n) is 12.8. The predicted molar refractivity (Wildman–Crippen MR) is 144 cm³/mol. The van der Waals surface area contributed by atoms with E-state index in [4.69, 9.17) is 10.5 Å². The lowest BCUT2D eigenvalue weighted by Crippen LogP contribution is -2.58. The molecule has 210 valence electrons. The van der Waals surface area contributed by atoms with Gasteiger partial charge in [0.15, 0.2) is 6.23 Å². The molecular formula is C26H36F3N5O3S. The first kappa shape index (κ1) is 30.1. The molecule has 0 radical (unpaired) electrons. The fourth-order valence-corrected chi connectivity index (χ4v) is 5.48. The van der Waals surface area contributed by atoms with Gasteiger partial charge in [0.2, 0.25) is 0 Å². The van der Waals surface area contributed by atoms with Crippen LogP contribution in [0, 0.1) is 5.92 Å². The maximum Gasteiger partial charge on any atom is 0.389 e. The molecule has 1 aliphatic carbocycles. The number of halogens is 3. The number of nitrogens with one attached hydrogen (secondary N) is 1. The number of nitrogens with two attached hydrogens (primary N) is 1. The Kier molecular flexibility index (Phi) is 10.8. The molecule has 2 heterocycles. The number of nitrogens with zero attached hydrogens (tertiary/aromatic N) is 3. The van der Waals surface area contributed by atoms with Crippen LogP contribution >= 0.6 is 11.8 Å². The summed E-state index contributed by atoms with van der Waals surface area (Å²) < 4.78 is 44.6. The molecule has 3 rings (SSSR count). The van der Waals surface area contributed by atoms with Crippen LogP contribution in [0.2, 0.25) is 0 Å². The van der Waals surface area contributed by atoms with Crippen molar-refractivity contribution in [3.8, 4) is 0 Å². The van der Waals surface area contributed by atoms with Crippen LogP contribution in [0.25, 0.3) is 0 Å². The number of thioether (sulfide) groups is 1. The van der Waals surface area contributed by atoms with Gasteiger partial charge in [-0.1, -0.05) is 55.0 Å². The van der Waals surface area contributed by atoms with E-state index in [0.29, 0.717) is 30.7 Å². The lowest BCUT2D eigenvalue weighted by atomic mass is 9.86. The fourth-order valence-electron chi connectivity index (χ4n) is 4.64. The number of allylic oxidation sites excluding steroid dienone is 4. The van der Waals surface area contributed by atoms with Crippen molar-refractivity contribution in [3.63, 3.8) is 0 Å². The number of hydrogen-bond donors (Lipinski definition) is 2. The molecular weight excluding hydrogens is 519 g/mol. The molecule has 4 atom stereocenters. The highest BCUT2D eigenvalue weighted by Crippen LogP contribution is 2.35. The van der Waals surface area contributed by atoms with E-state index >= 15 is 0 Å². The summed E-state index contributed by atoms with van der Waals surface area (Å²) in [5.41, 5.74) is 9.16. The van der Waals surface area contributed by atoms with Gasteiger partial charge in [-0.2, -0.15) is 13.2 Å². The topological polar surface area (TPSA) is 109 Å². The van der Waals surface area contributed by atoms with Crippen LogP contribution < -0.4 is 11.1 Å². The average molecular weight is 556 g/mol. The van der Waals surface area contributed by atoms with E-state index in [2.05, 4.69) is 15.3 Å². The predicted octanol–water partition coefficient (Wildman–Crippen LogP) is 4.38. The number of carbonyl (C=O) groups excluding carboxylic acids is 2. The highest BCUT2D eigenvalue weighted by atomic mass is 32.2. The van der Waals surface area contributed by atoms with E-state index < -0.39 is 36.9 Å². The van der Waals surface area contributed by atoms with Crippen molar-refractivity contribution >= 4 is 34.8 Å². The molecule has 0 spiro atoms. The largest absolute Gasteiger partial charge is 0.389 e. The molecule has 4 unspecified atom stereocenters. The Morgan fingerprint density at radius 3 is 2.76 bits per heavy atom. The van der Waals surface area contributed by atoms with Crippen LogP contribution in [0.3, 0.4) is 0 Å². The smallest absolute Gasteiger partial charge is 0.346 e. The number of rotatable bonds is 11. The van der Waals surface area contributed by atoms with Crippen molar-refractivity contribution in [1.82, 2.24) is 10.2 Å². The highest BCUT2D eigenvalue weighted by Gasteiger charge is 2.34. The number of alkyl halides is 3. The standard InChI is InChI=1S/C26H36F3N5O3S/c1-4-16-6-7-18(13-19(12-16)17(5-2)8-9-26(27,28)29)24-33-21(15-37-24)23(35)32-20(14-31-3)22(30)34-10-11-38-25(34)36/h6-7,13-14,17,20,22,24H,4-5,8-12,15,30H2,1-3H3,(H,32,35). The van der Waals surface area contributed by atoms with Crippen molar-refractivity contribution < 1.29 is 27.5 Å². The second kappa shape index (κ2) is 13.6. The first-order valence-corrected chi connectivity index (χ1v) is 13.8. The second-order valence-electron chi connectivity index (χ2n) is 9.44. The Morgan fingerprint density at radius 1 is 1.39 bits per heavy atom. The number of hydrogen-bond acceptors (Lipinski definition) is 7. The first-order chi connectivity index (χ1) is 18.1. The molecule has 3 N–H and O–H groups in total. The Labute approximate surface area is 225 Å². The van der Waals surface area contributed by atoms with E-state index in [-0.39, 0.29) is 29.9 Å². The van der Waals surface area contributed by atoms with Gasteiger partial charge in [0.1, 0.15) is 11.9 Å². The van der Waals surface area contributed by atoms with E-state index in [9.17, 15) is 22.8 Å². The van der Waals surface area contributed by atoms with Crippen LogP contribution in [0.1, 0.15) is 46.0 Å². The summed E-state index contributed by atoms with van der Waals surface area (Å²) in [4.78, 5) is 35.1. The third-order valence-corrected chi connectivity index (χ3v) is 7.74. The van der Waals surface area contributed by atoms with Crippen LogP contribution in [0.4, 0.5) is 18.0 Å². The molecule has 0 aromatic heterocycles. The summed E-state index contributed by atoms with van der Waals surface area (Å²) >= 11 is 1.17. The van der Waals surface area contributed by atoms with Crippen LogP contribution in [0.5, 0.6) is 0 Å². The van der Waals surface area contributed by atoms with Gasteiger partial charge in [-0.25, -0.2) is 4.99 Å². The molecule has 38 heavy (non-hydrogen) atoms. The fraction of sp³-hybridized carbons (Fsp3) is 0.615. The highest BCUT2D eigenvalue weighted by molar-refractivity contribution is 8.13. The quantitative estimate of drug-likeness (QED) is 0.368. The Bertz CT molecular complexity index is 1040. The molecule has 0 aromatic carbocycles. The van der Waals surface area contributed by atoms with E-state index in [0.717, 1.165) is 17.6 Å². The molecule has 1 fully saturated rings. The lowest BCUT2D eigenvalue weighted by Gasteiger charge is -2.29. The zero-order chi connectivity index (χ0) is 27.9. The summed E-state index contributed by atoms with van der Waals surface area (Å²) in [7, 11) is 1.55. The Morgan fingerprint density at radius 2 is 2.16 bits per heavy atom. The average Bonchev–Trinajstić information content (AvgIpc) is 3.48. The molecule has 2 amide bonds. The van der Waals surface area contributed by atoms with E-state index in [1.807, 2.05) is 32.1 Å². The number of ether oxygens (including phenoxy) is 1. The van der Waals surface area contributed by atoms with Gasteiger partial charge < -0.3 is 20.7 Å². The molecule has 0 aromatic rings. The molecule has 2 aliphatic heterocycles. The maximum absolute atomic E-state index is 13.0. The minimum Gasteiger partial charge on any atom is -0.346 e. The molecule has 8 nitrogen and oxygen atoms in total. The monoisotopic (exact) mass is 555 g/mol. The summed E-state index contributed by atoms with van der Waals surface area (Å²) in [6, 6.07) is -0.713. The lowest BCUT2D eigenvalue weighted by molar-refractivity contribution is -0.137. The molecule has 0 saturated carbocycles. The third kappa shape index (κ3) is 8.03. The van der Waals surface area contributed by atoms with Crippen molar-refractivity contribution in [3.05, 3.63) is 34.9 Å². The minimum absolute atomic E-state index is 0.0250.